The van der Waals surface area contributed by atoms with Gasteiger partial charge in [0.1, 0.15) is 11.6 Å². The Kier molecular flexibility index (Phi) is 3.46. The van der Waals surface area contributed by atoms with Gasteiger partial charge >= 0.3 is 0 Å². The molecule has 0 unspecified atom stereocenters. The van der Waals surface area contributed by atoms with Gasteiger partial charge < -0.3 is 5.32 Å². The van der Waals surface area contributed by atoms with Crippen LogP contribution in [0.25, 0.3) is 16.7 Å². The van der Waals surface area contributed by atoms with Crippen LogP contribution in [0.3, 0.4) is 0 Å². The summed E-state index contributed by atoms with van der Waals surface area (Å²) in [7, 11) is 0. The summed E-state index contributed by atoms with van der Waals surface area (Å²) in [5.41, 5.74) is 3.21. The van der Waals surface area contributed by atoms with E-state index in [0.717, 1.165) is 22.4 Å². The van der Waals surface area contributed by atoms with E-state index in [2.05, 4.69) is 10.3 Å². The molecule has 4 aromatic rings. The van der Waals surface area contributed by atoms with Gasteiger partial charge in [0.25, 0.3) is 0 Å². The van der Waals surface area contributed by atoms with Crippen molar-refractivity contribution in [2.24, 2.45) is 0 Å². The number of benzene rings is 3. The van der Waals surface area contributed by atoms with Gasteiger partial charge in [-0.1, -0.05) is 12.1 Å². The number of halogens is 2. The second-order valence-electron chi connectivity index (χ2n) is 5.37. The maximum Gasteiger partial charge on any atom is 0.213 e. The summed E-state index contributed by atoms with van der Waals surface area (Å²) in [4.78, 5) is 4.59. The highest BCUT2D eigenvalue weighted by molar-refractivity contribution is 5.82. The molecule has 1 heterocycles. The standard InChI is InChI=1S/C19H13F2N3/c20-13-5-9-15(10-6-13)22-19-23-17-3-1-2-4-18(17)24(19)16-11-7-14(21)8-12-16/h1-12H,(H,22,23). The average molecular weight is 321 g/mol. The molecular weight excluding hydrogens is 308 g/mol. The number of nitrogens with zero attached hydrogens (tertiary/aromatic N) is 2. The lowest BCUT2D eigenvalue weighted by Crippen LogP contribution is -2.02. The van der Waals surface area contributed by atoms with Crippen molar-refractivity contribution in [3.05, 3.63) is 84.4 Å². The third kappa shape index (κ3) is 2.60. The van der Waals surface area contributed by atoms with E-state index in [-0.39, 0.29) is 11.6 Å². The van der Waals surface area contributed by atoms with Gasteiger partial charge in [0.15, 0.2) is 0 Å². The lowest BCUT2D eigenvalue weighted by Gasteiger charge is -2.11. The van der Waals surface area contributed by atoms with Crippen molar-refractivity contribution in [3.8, 4) is 5.69 Å². The van der Waals surface area contributed by atoms with Crippen molar-refractivity contribution in [1.82, 2.24) is 9.55 Å². The molecule has 0 radical (unpaired) electrons. The predicted molar refractivity (Wildman–Crippen MR) is 90.7 cm³/mol. The first-order chi connectivity index (χ1) is 11.7. The van der Waals surface area contributed by atoms with Gasteiger partial charge in [-0.25, -0.2) is 13.8 Å². The minimum atomic E-state index is -0.299. The Labute approximate surface area is 137 Å². The second-order valence-corrected chi connectivity index (χ2v) is 5.37. The summed E-state index contributed by atoms with van der Waals surface area (Å²) in [6, 6.07) is 19.9. The van der Waals surface area contributed by atoms with E-state index in [9.17, 15) is 8.78 Å². The normalized spacial score (nSPS) is 10.9. The van der Waals surface area contributed by atoms with Crippen LogP contribution in [-0.4, -0.2) is 9.55 Å². The topological polar surface area (TPSA) is 29.9 Å². The first-order valence-electron chi connectivity index (χ1n) is 7.47. The Hall–Kier alpha value is -3.21. The molecule has 3 aromatic carbocycles. The van der Waals surface area contributed by atoms with Crippen molar-refractivity contribution in [2.75, 3.05) is 5.32 Å². The van der Waals surface area contributed by atoms with Gasteiger partial charge in [-0.3, -0.25) is 4.57 Å². The number of rotatable bonds is 3. The van der Waals surface area contributed by atoms with Crippen LogP contribution in [0.5, 0.6) is 0 Å². The van der Waals surface area contributed by atoms with Gasteiger partial charge in [-0.05, 0) is 60.7 Å². The monoisotopic (exact) mass is 321 g/mol. The fourth-order valence-electron chi connectivity index (χ4n) is 2.62. The van der Waals surface area contributed by atoms with Gasteiger partial charge in [-0.2, -0.15) is 0 Å². The molecule has 0 saturated heterocycles. The van der Waals surface area contributed by atoms with Crippen LogP contribution < -0.4 is 5.32 Å². The molecule has 4 rings (SSSR count). The number of aromatic nitrogens is 2. The Morgan fingerprint density at radius 1 is 0.750 bits per heavy atom. The van der Waals surface area contributed by atoms with Crippen molar-refractivity contribution < 1.29 is 8.78 Å². The van der Waals surface area contributed by atoms with Crippen LogP contribution in [0, 0.1) is 11.6 Å². The Bertz CT molecular complexity index is 989. The molecule has 118 valence electrons. The zero-order valence-corrected chi connectivity index (χ0v) is 12.6. The summed E-state index contributed by atoms with van der Waals surface area (Å²) >= 11 is 0. The summed E-state index contributed by atoms with van der Waals surface area (Å²) in [6.45, 7) is 0. The van der Waals surface area contributed by atoms with Crippen molar-refractivity contribution in [3.63, 3.8) is 0 Å². The van der Waals surface area contributed by atoms with E-state index in [4.69, 9.17) is 0 Å². The van der Waals surface area contributed by atoms with Gasteiger partial charge in [0.05, 0.1) is 11.0 Å². The molecule has 0 aliphatic carbocycles. The molecule has 24 heavy (non-hydrogen) atoms. The van der Waals surface area contributed by atoms with Crippen LogP contribution in [0.2, 0.25) is 0 Å². The van der Waals surface area contributed by atoms with Crippen LogP contribution in [0.4, 0.5) is 20.4 Å². The predicted octanol–water partition coefficient (Wildman–Crippen LogP) is 5.05. The average Bonchev–Trinajstić information content (AvgIpc) is 2.96. The molecule has 3 nitrogen and oxygen atoms in total. The number of hydrogen-bond donors (Lipinski definition) is 1. The third-order valence-electron chi connectivity index (χ3n) is 3.75. The van der Waals surface area contributed by atoms with Gasteiger partial charge in [0, 0.05) is 11.4 Å². The van der Waals surface area contributed by atoms with E-state index in [1.807, 2.05) is 28.8 Å². The second kappa shape index (κ2) is 5.77. The van der Waals surface area contributed by atoms with Gasteiger partial charge in [0.2, 0.25) is 5.95 Å². The van der Waals surface area contributed by atoms with E-state index in [1.165, 1.54) is 24.3 Å². The van der Waals surface area contributed by atoms with Crippen LogP contribution in [0.1, 0.15) is 0 Å². The van der Waals surface area contributed by atoms with Crippen LogP contribution in [-0.2, 0) is 0 Å². The molecule has 1 aromatic heterocycles. The van der Waals surface area contributed by atoms with Crippen LogP contribution in [0.15, 0.2) is 72.8 Å². The number of imidazole rings is 1. The first-order valence-corrected chi connectivity index (χ1v) is 7.47. The fraction of sp³-hybridized carbons (Fsp3) is 0. The largest absolute Gasteiger partial charge is 0.325 e. The highest BCUT2D eigenvalue weighted by Gasteiger charge is 2.12. The lowest BCUT2D eigenvalue weighted by molar-refractivity contribution is 0.627. The lowest BCUT2D eigenvalue weighted by atomic mass is 10.2. The molecule has 0 aliphatic heterocycles. The quantitative estimate of drug-likeness (QED) is 0.572. The molecule has 0 atom stereocenters. The Morgan fingerprint density at radius 2 is 1.38 bits per heavy atom. The van der Waals surface area contributed by atoms with E-state index in [1.54, 1.807) is 24.3 Å². The third-order valence-corrected chi connectivity index (χ3v) is 3.75. The SMILES string of the molecule is Fc1ccc(Nc2nc3ccccc3n2-c2ccc(F)cc2)cc1. The van der Waals surface area contributed by atoms with Crippen molar-refractivity contribution in [2.45, 2.75) is 0 Å². The summed E-state index contributed by atoms with van der Waals surface area (Å²) in [5.74, 6) is -0.0155. The molecule has 0 bridgehead atoms. The van der Waals surface area contributed by atoms with E-state index < -0.39 is 0 Å². The molecular formula is C19H13F2N3. The molecule has 5 heteroatoms. The van der Waals surface area contributed by atoms with E-state index >= 15 is 0 Å². The smallest absolute Gasteiger partial charge is 0.213 e. The molecule has 0 aliphatic rings. The maximum atomic E-state index is 13.3. The number of fused-ring (bicyclic) bond motifs is 1. The molecule has 0 amide bonds. The van der Waals surface area contributed by atoms with Crippen molar-refractivity contribution in [1.29, 1.82) is 0 Å². The number of nitrogens with one attached hydrogen (secondary N) is 1. The summed E-state index contributed by atoms with van der Waals surface area (Å²) < 4.78 is 28.2. The van der Waals surface area contributed by atoms with Gasteiger partial charge in [-0.15, -0.1) is 0 Å². The minimum absolute atomic E-state index is 0.295. The van der Waals surface area contributed by atoms with Crippen molar-refractivity contribution >= 4 is 22.7 Å². The minimum Gasteiger partial charge on any atom is -0.325 e. The first kappa shape index (κ1) is 14.4. The zero-order chi connectivity index (χ0) is 16.5. The number of anilines is 2. The molecule has 0 spiro atoms. The summed E-state index contributed by atoms with van der Waals surface area (Å²) in [6.07, 6.45) is 0. The fourth-order valence-corrected chi connectivity index (χ4v) is 2.62. The Morgan fingerprint density at radius 3 is 2.08 bits per heavy atom. The highest BCUT2D eigenvalue weighted by atomic mass is 19.1. The number of hydrogen-bond acceptors (Lipinski definition) is 2. The summed E-state index contributed by atoms with van der Waals surface area (Å²) in [5, 5.41) is 3.19. The van der Waals surface area contributed by atoms with E-state index in [0.29, 0.717) is 5.95 Å². The molecule has 1 N–H and O–H groups in total. The maximum absolute atomic E-state index is 13.3. The zero-order valence-electron chi connectivity index (χ0n) is 12.6. The highest BCUT2D eigenvalue weighted by Crippen LogP contribution is 2.27. The van der Waals surface area contributed by atoms with Crippen LogP contribution >= 0.6 is 0 Å². The molecule has 0 fully saturated rings. The molecule has 0 saturated carbocycles. The number of para-hydroxylation sites is 2. The Balaban J connectivity index is 1.86.